The van der Waals surface area contributed by atoms with Crippen LogP contribution in [0.2, 0.25) is 0 Å². The lowest BCUT2D eigenvalue weighted by molar-refractivity contribution is 0.0768. The van der Waals surface area contributed by atoms with E-state index in [9.17, 15) is 9.00 Å². The molecule has 0 bridgehead atoms. The van der Waals surface area contributed by atoms with E-state index in [4.69, 9.17) is 0 Å². The van der Waals surface area contributed by atoms with Crippen LogP contribution >= 0.6 is 11.5 Å². The molecule has 1 N–H and O–H groups in total. The molecule has 7 nitrogen and oxygen atoms in total. The number of aromatic nitrogens is 2. The average molecular weight is 426 g/mol. The van der Waals surface area contributed by atoms with Gasteiger partial charge in [0, 0.05) is 47.4 Å². The van der Waals surface area contributed by atoms with Gasteiger partial charge >= 0.3 is 0 Å². The van der Waals surface area contributed by atoms with Gasteiger partial charge in [0.1, 0.15) is 11.4 Å². The van der Waals surface area contributed by atoms with Crippen LogP contribution in [0.4, 0.5) is 5.69 Å². The number of anilines is 1. The van der Waals surface area contributed by atoms with Crippen LogP contribution in [0.15, 0.2) is 41.5 Å². The van der Waals surface area contributed by atoms with Crippen molar-refractivity contribution in [2.45, 2.75) is 6.54 Å². The Balaban J connectivity index is 1.37. The Labute approximate surface area is 172 Å². The second-order valence-electron chi connectivity index (χ2n) is 7.21. The zero-order valence-corrected chi connectivity index (χ0v) is 17.3. The van der Waals surface area contributed by atoms with E-state index in [1.807, 2.05) is 30.3 Å². The van der Waals surface area contributed by atoms with E-state index in [2.05, 4.69) is 25.5 Å². The maximum absolute atomic E-state index is 12.9. The number of pyridine rings is 1. The summed E-state index contributed by atoms with van der Waals surface area (Å²) in [6.45, 7) is 1.56. The predicted molar refractivity (Wildman–Crippen MR) is 119 cm³/mol. The summed E-state index contributed by atoms with van der Waals surface area (Å²) >= 11 is 1.30. The fraction of sp³-hybridized carbons (Fsp3) is 0.250. The molecule has 1 amide bonds. The summed E-state index contributed by atoms with van der Waals surface area (Å²) in [6, 6.07) is 9.76. The Bertz CT molecular complexity index is 1250. The van der Waals surface area contributed by atoms with Gasteiger partial charge in [-0.2, -0.15) is 4.37 Å². The number of rotatable bonds is 2. The summed E-state index contributed by atoms with van der Waals surface area (Å²) in [5.74, 6) is 5.31. The third-order valence-corrected chi connectivity index (χ3v) is 7.88. The Morgan fingerprint density at radius 1 is 1.24 bits per heavy atom. The summed E-state index contributed by atoms with van der Waals surface area (Å²) in [5.41, 5.74) is 3.32. The molecule has 0 spiro atoms. The van der Waals surface area contributed by atoms with Crippen molar-refractivity contribution in [1.29, 1.82) is 0 Å². The van der Waals surface area contributed by atoms with Gasteiger partial charge in [-0.15, -0.1) is 0 Å². The first kappa shape index (κ1) is 18.3. The van der Waals surface area contributed by atoms with Crippen molar-refractivity contribution >= 4 is 54.4 Å². The number of benzene rings is 1. The maximum Gasteiger partial charge on any atom is 0.274 e. The van der Waals surface area contributed by atoms with Crippen molar-refractivity contribution in [3.05, 3.63) is 53.5 Å². The normalized spacial score (nSPS) is 17.8. The molecule has 2 aliphatic rings. The molecule has 148 valence electrons. The minimum absolute atomic E-state index is 0.106. The largest absolute Gasteiger partial charge is 0.339 e. The van der Waals surface area contributed by atoms with E-state index in [-0.39, 0.29) is 5.91 Å². The molecule has 1 fully saturated rings. The number of nitrogens with one attached hydrogen (secondary N) is 1. The number of carbonyl (C=O) groups is 1. The fourth-order valence-corrected chi connectivity index (χ4v) is 5.66. The van der Waals surface area contributed by atoms with Crippen molar-refractivity contribution in [3.8, 4) is 0 Å². The molecule has 4 heterocycles. The van der Waals surface area contributed by atoms with E-state index in [1.165, 1.54) is 11.5 Å². The Morgan fingerprint density at radius 2 is 2.07 bits per heavy atom. The van der Waals surface area contributed by atoms with Gasteiger partial charge in [0.15, 0.2) is 5.84 Å². The quantitative estimate of drug-likeness (QED) is 0.636. The summed E-state index contributed by atoms with van der Waals surface area (Å²) in [5, 5.41) is 4.16. The highest BCUT2D eigenvalue weighted by Gasteiger charge is 2.26. The standard InChI is InChI=1S/C20H19N5O2S2/c1-29(27)9-7-25(8-10-29)20(26)18-15-5-4-14(11-16(15)28-24-18)23-19-17-13(12-22-19)3-2-6-21-17/h2-6,11H,1,7-10,12H2,(H,22,23). The molecule has 3 aromatic rings. The van der Waals surface area contributed by atoms with Crippen molar-refractivity contribution < 1.29 is 9.00 Å². The van der Waals surface area contributed by atoms with Crippen molar-refractivity contribution in [2.75, 3.05) is 29.9 Å². The van der Waals surface area contributed by atoms with E-state index < -0.39 is 9.52 Å². The van der Waals surface area contributed by atoms with Crippen molar-refractivity contribution in [2.24, 2.45) is 4.99 Å². The van der Waals surface area contributed by atoms with Gasteiger partial charge in [0.05, 0.1) is 11.2 Å². The first-order valence-electron chi connectivity index (χ1n) is 9.27. The monoisotopic (exact) mass is 425 g/mol. The molecule has 9 heteroatoms. The molecule has 0 saturated carbocycles. The van der Waals surface area contributed by atoms with E-state index >= 15 is 0 Å². The van der Waals surface area contributed by atoms with Gasteiger partial charge in [-0.3, -0.25) is 19.0 Å². The number of carbonyl (C=O) groups excluding carboxylic acids is 1. The lowest BCUT2D eigenvalue weighted by atomic mass is 10.1. The number of hydrogen-bond donors (Lipinski definition) is 1. The van der Waals surface area contributed by atoms with Gasteiger partial charge < -0.3 is 10.2 Å². The minimum Gasteiger partial charge on any atom is -0.339 e. The van der Waals surface area contributed by atoms with Gasteiger partial charge in [-0.1, -0.05) is 6.07 Å². The highest BCUT2D eigenvalue weighted by molar-refractivity contribution is 8.00. The number of aliphatic imine (C=N–C) groups is 1. The molecule has 1 saturated heterocycles. The van der Waals surface area contributed by atoms with Crippen LogP contribution in [0.5, 0.6) is 0 Å². The smallest absolute Gasteiger partial charge is 0.274 e. The summed E-state index contributed by atoms with van der Waals surface area (Å²) < 4.78 is 17.4. The van der Waals surface area contributed by atoms with Crippen molar-refractivity contribution in [1.82, 2.24) is 14.3 Å². The average Bonchev–Trinajstić information content (AvgIpc) is 3.32. The molecule has 2 aromatic heterocycles. The van der Waals surface area contributed by atoms with Crippen LogP contribution in [0.1, 0.15) is 21.7 Å². The molecule has 5 rings (SSSR count). The molecular formula is C20H19N5O2S2. The highest BCUT2D eigenvalue weighted by atomic mass is 32.2. The zero-order chi connectivity index (χ0) is 20.0. The maximum atomic E-state index is 12.9. The Hall–Kier alpha value is -2.78. The zero-order valence-electron chi connectivity index (χ0n) is 15.6. The summed E-state index contributed by atoms with van der Waals surface area (Å²) in [7, 11) is -2.04. The molecule has 1 aromatic carbocycles. The molecule has 0 unspecified atom stereocenters. The minimum atomic E-state index is -2.04. The van der Waals surface area contributed by atoms with Crippen LogP contribution in [-0.4, -0.2) is 60.7 Å². The number of amidine groups is 1. The van der Waals surface area contributed by atoms with Gasteiger partial charge in [-0.25, -0.2) is 0 Å². The molecule has 2 aliphatic heterocycles. The van der Waals surface area contributed by atoms with Crippen LogP contribution in [0.25, 0.3) is 10.1 Å². The molecule has 0 aliphatic carbocycles. The number of amides is 1. The van der Waals surface area contributed by atoms with Gasteiger partial charge in [0.25, 0.3) is 5.91 Å². The number of nitrogens with zero attached hydrogens (tertiary/aromatic N) is 4. The lowest BCUT2D eigenvalue weighted by Gasteiger charge is -2.28. The second-order valence-corrected chi connectivity index (χ2v) is 10.8. The molecule has 29 heavy (non-hydrogen) atoms. The fourth-order valence-electron chi connectivity index (χ4n) is 3.54. The molecule has 0 radical (unpaired) electrons. The summed E-state index contributed by atoms with van der Waals surface area (Å²) in [6.07, 6.45) is 1.76. The van der Waals surface area contributed by atoms with Crippen LogP contribution in [0.3, 0.4) is 0 Å². The van der Waals surface area contributed by atoms with Crippen LogP contribution in [0, 0.1) is 0 Å². The van der Waals surface area contributed by atoms with Crippen LogP contribution in [-0.2, 0) is 16.1 Å². The summed E-state index contributed by atoms with van der Waals surface area (Å²) in [4.78, 5) is 23.6. The Kier molecular flexibility index (Phi) is 4.36. The van der Waals surface area contributed by atoms with E-state index in [0.717, 1.165) is 32.9 Å². The first-order chi connectivity index (χ1) is 14.0. The topological polar surface area (TPSA) is 87.5 Å². The van der Waals surface area contributed by atoms with E-state index in [1.54, 1.807) is 11.1 Å². The number of hydrogen-bond acceptors (Lipinski definition) is 7. The molecule has 0 atom stereocenters. The van der Waals surface area contributed by atoms with Crippen molar-refractivity contribution in [3.63, 3.8) is 0 Å². The Morgan fingerprint density at radius 3 is 2.90 bits per heavy atom. The van der Waals surface area contributed by atoms with E-state index in [0.29, 0.717) is 36.8 Å². The third-order valence-electron chi connectivity index (χ3n) is 5.21. The second kappa shape index (κ2) is 6.93. The third kappa shape index (κ3) is 3.40. The van der Waals surface area contributed by atoms with Gasteiger partial charge in [0.2, 0.25) is 0 Å². The highest BCUT2D eigenvalue weighted by Crippen LogP contribution is 2.28. The lowest BCUT2D eigenvalue weighted by Crippen LogP contribution is -2.43. The SMILES string of the molecule is C=S1(=O)CCN(C(=O)c2nsc3cc(NC4=NCc5cccnc54)ccc23)CC1. The van der Waals surface area contributed by atoms with Crippen LogP contribution < -0.4 is 5.32 Å². The van der Waals surface area contributed by atoms with Gasteiger partial charge in [-0.05, 0) is 51.2 Å². The molecular weight excluding hydrogens is 406 g/mol. The number of fused-ring (bicyclic) bond motifs is 2. The predicted octanol–water partition coefficient (Wildman–Crippen LogP) is 2.24. The first-order valence-corrected chi connectivity index (χ1v) is 12.1.